The number of amides is 1. The molecule has 7 nitrogen and oxygen atoms in total. The maximum Gasteiger partial charge on any atom is 0.260 e. The maximum atomic E-state index is 12.4. The van der Waals surface area contributed by atoms with Gasteiger partial charge in [-0.15, -0.1) is 11.3 Å². The van der Waals surface area contributed by atoms with Gasteiger partial charge in [0.2, 0.25) is 5.91 Å². The van der Waals surface area contributed by atoms with Crippen molar-refractivity contribution in [2.45, 2.75) is 19.0 Å². The molecule has 0 saturated carbocycles. The number of thiophene rings is 1. The number of piperazine rings is 1. The topological polar surface area (TPSA) is 89.5 Å². The molecule has 2 aromatic heterocycles. The van der Waals surface area contributed by atoms with E-state index in [4.69, 9.17) is 5.11 Å². The largest absolute Gasteiger partial charge is 0.395 e. The van der Waals surface area contributed by atoms with Crippen molar-refractivity contribution in [1.82, 2.24) is 19.8 Å². The van der Waals surface area contributed by atoms with Crippen LogP contribution in [0.3, 0.4) is 0 Å². The third kappa shape index (κ3) is 4.05. The average Bonchev–Trinajstić information content (AvgIpc) is 2.88. The minimum Gasteiger partial charge on any atom is -0.395 e. The van der Waals surface area contributed by atoms with E-state index in [2.05, 4.69) is 14.9 Å². The van der Waals surface area contributed by atoms with Crippen molar-refractivity contribution in [1.29, 1.82) is 0 Å². The fourth-order valence-electron chi connectivity index (χ4n) is 2.89. The summed E-state index contributed by atoms with van der Waals surface area (Å²) in [5.41, 5.74) is 0.835. The molecule has 1 aliphatic rings. The lowest BCUT2D eigenvalue weighted by atomic mass is 10.2. The third-order valence-electron chi connectivity index (χ3n) is 4.49. The molecule has 0 spiro atoms. The van der Waals surface area contributed by atoms with E-state index in [-0.39, 0.29) is 23.8 Å². The molecule has 0 radical (unpaired) electrons. The van der Waals surface area contributed by atoms with Gasteiger partial charge in [-0.2, -0.15) is 0 Å². The van der Waals surface area contributed by atoms with Gasteiger partial charge >= 0.3 is 0 Å². The molecule has 3 heterocycles. The van der Waals surface area contributed by atoms with E-state index >= 15 is 0 Å². The highest BCUT2D eigenvalue weighted by atomic mass is 32.2. The highest BCUT2D eigenvalue weighted by Crippen LogP contribution is 2.27. The summed E-state index contributed by atoms with van der Waals surface area (Å²) in [6, 6.07) is 0. The number of nitrogens with one attached hydrogen (secondary N) is 1. The first kappa shape index (κ1) is 18.4. The number of H-pyrrole nitrogens is 1. The first-order chi connectivity index (χ1) is 12.0. The van der Waals surface area contributed by atoms with Crippen molar-refractivity contribution >= 4 is 39.2 Å². The van der Waals surface area contributed by atoms with E-state index in [0.29, 0.717) is 30.2 Å². The zero-order valence-electron chi connectivity index (χ0n) is 14.4. The summed E-state index contributed by atoms with van der Waals surface area (Å²) in [6.45, 7) is 7.62. The lowest BCUT2D eigenvalue weighted by Gasteiger charge is -2.34. The first-order valence-corrected chi connectivity index (χ1v) is 10.0. The third-order valence-corrected chi connectivity index (χ3v) is 6.45. The number of β-amino-alcohol motifs (C(OH)–C–C–N with tert-alkyl or cyclic N) is 1. The van der Waals surface area contributed by atoms with Gasteiger partial charge in [-0.1, -0.05) is 11.8 Å². The van der Waals surface area contributed by atoms with E-state index in [9.17, 15) is 9.59 Å². The Balaban J connectivity index is 1.61. The van der Waals surface area contributed by atoms with Gasteiger partial charge in [0.15, 0.2) is 5.16 Å². The smallest absolute Gasteiger partial charge is 0.260 e. The Morgan fingerprint density at radius 2 is 2.04 bits per heavy atom. The molecule has 3 rings (SSSR count). The second-order valence-corrected chi connectivity index (χ2v) is 8.24. The van der Waals surface area contributed by atoms with Gasteiger partial charge in [0.25, 0.3) is 5.56 Å². The number of carbonyl (C=O) groups excluding carboxylic acids is 1. The Bertz CT molecular complexity index is 825. The molecule has 1 saturated heterocycles. The molecule has 2 aromatic rings. The van der Waals surface area contributed by atoms with Crippen LogP contribution in [-0.4, -0.2) is 75.9 Å². The average molecular weight is 383 g/mol. The van der Waals surface area contributed by atoms with Gasteiger partial charge in [0.1, 0.15) is 4.83 Å². The van der Waals surface area contributed by atoms with Crippen LogP contribution < -0.4 is 5.56 Å². The van der Waals surface area contributed by atoms with Crippen LogP contribution in [0.4, 0.5) is 0 Å². The normalized spacial score (nSPS) is 15.9. The van der Waals surface area contributed by atoms with E-state index in [1.807, 2.05) is 18.7 Å². The van der Waals surface area contributed by atoms with Crippen molar-refractivity contribution in [3.63, 3.8) is 0 Å². The van der Waals surface area contributed by atoms with E-state index in [1.54, 1.807) is 0 Å². The molecular formula is C16H22N4O3S2. The van der Waals surface area contributed by atoms with Crippen LogP contribution in [0.5, 0.6) is 0 Å². The summed E-state index contributed by atoms with van der Waals surface area (Å²) in [7, 11) is 0. The number of aryl methyl sites for hydroxylation is 2. The molecule has 1 fully saturated rings. The summed E-state index contributed by atoms with van der Waals surface area (Å²) >= 11 is 2.78. The Morgan fingerprint density at radius 3 is 2.72 bits per heavy atom. The molecular weight excluding hydrogens is 360 g/mol. The standard InChI is InChI=1S/C16H22N4O3S2/c1-10-11(2)25-15-13(10)14(23)17-16(18-15)24-9-12(22)20-5-3-19(4-6-20)7-8-21/h21H,3-9H2,1-2H3,(H,17,18,23). The predicted octanol–water partition coefficient (Wildman–Crippen LogP) is 0.830. The fraction of sp³-hybridized carbons (Fsp3) is 0.562. The summed E-state index contributed by atoms with van der Waals surface area (Å²) < 4.78 is 0. The molecule has 0 unspecified atom stereocenters. The van der Waals surface area contributed by atoms with Crippen LogP contribution in [0.1, 0.15) is 10.4 Å². The summed E-state index contributed by atoms with van der Waals surface area (Å²) in [5.74, 6) is 0.313. The van der Waals surface area contributed by atoms with Crippen molar-refractivity contribution < 1.29 is 9.90 Å². The Morgan fingerprint density at radius 1 is 1.32 bits per heavy atom. The van der Waals surface area contributed by atoms with E-state index in [0.717, 1.165) is 28.4 Å². The highest BCUT2D eigenvalue weighted by molar-refractivity contribution is 7.99. The van der Waals surface area contributed by atoms with E-state index < -0.39 is 0 Å². The van der Waals surface area contributed by atoms with Gasteiger partial charge in [-0.25, -0.2) is 4.98 Å². The Labute approximate surface area is 154 Å². The van der Waals surface area contributed by atoms with Gasteiger partial charge in [-0.05, 0) is 19.4 Å². The van der Waals surface area contributed by atoms with Crippen LogP contribution in [0.25, 0.3) is 10.2 Å². The number of hydrogen-bond acceptors (Lipinski definition) is 7. The minimum atomic E-state index is -0.139. The van der Waals surface area contributed by atoms with E-state index in [1.165, 1.54) is 23.1 Å². The number of carbonyl (C=O) groups is 1. The molecule has 0 bridgehead atoms. The monoisotopic (exact) mass is 382 g/mol. The Kier molecular flexibility index (Phi) is 5.78. The van der Waals surface area contributed by atoms with Crippen molar-refractivity contribution in [2.75, 3.05) is 45.1 Å². The summed E-state index contributed by atoms with van der Waals surface area (Å²) in [6.07, 6.45) is 0. The highest BCUT2D eigenvalue weighted by Gasteiger charge is 2.21. The van der Waals surface area contributed by atoms with Gasteiger partial charge in [0, 0.05) is 37.6 Å². The summed E-state index contributed by atoms with van der Waals surface area (Å²) in [4.78, 5) is 37.7. The fourth-order valence-corrected chi connectivity index (χ4v) is 4.74. The second-order valence-electron chi connectivity index (χ2n) is 6.07. The van der Waals surface area contributed by atoms with Crippen LogP contribution >= 0.6 is 23.1 Å². The van der Waals surface area contributed by atoms with Crippen molar-refractivity contribution in [2.24, 2.45) is 0 Å². The molecule has 0 aromatic carbocycles. The van der Waals surface area contributed by atoms with Gasteiger partial charge < -0.3 is 15.0 Å². The number of hydrogen-bond donors (Lipinski definition) is 2. The number of nitrogens with zero attached hydrogens (tertiary/aromatic N) is 3. The molecule has 2 N–H and O–H groups in total. The molecule has 1 aliphatic heterocycles. The van der Waals surface area contributed by atoms with Crippen molar-refractivity contribution in [3.8, 4) is 0 Å². The van der Waals surface area contributed by atoms with Crippen LogP contribution in [0.2, 0.25) is 0 Å². The molecule has 25 heavy (non-hydrogen) atoms. The second kappa shape index (κ2) is 7.86. The number of aromatic nitrogens is 2. The van der Waals surface area contributed by atoms with Gasteiger partial charge in [-0.3, -0.25) is 14.5 Å². The number of rotatable bonds is 5. The predicted molar refractivity (Wildman–Crippen MR) is 101 cm³/mol. The number of aliphatic hydroxyl groups excluding tert-OH is 1. The maximum absolute atomic E-state index is 12.4. The zero-order valence-corrected chi connectivity index (χ0v) is 16.0. The van der Waals surface area contributed by atoms with Crippen molar-refractivity contribution in [3.05, 3.63) is 20.8 Å². The number of aromatic amines is 1. The first-order valence-electron chi connectivity index (χ1n) is 8.23. The lowest BCUT2D eigenvalue weighted by Crippen LogP contribution is -2.49. The summed E-state index contributed by atoms with van der Waals surface area (Å²) in [5, 5.41) is 10.1. The quantitative estimate of drug-likeness (QED) is 0.588. The zero-order chi connectivity index (χ0) is 18.0. The minimum absolute atomic E-state index is 0.0509. The molecule has 136 valence electrons. The van der Waals surface area contributed by atoms with Crippen LogP contribution in [-0.2, 0) is 4.79 Å². The number of aliphatic hydroxyl groups is 1. The number of fused-ring (bicyclic) bond motifs is 1. The lowest BCUT2D eigenvalue weighted by molar-refractivity contribution is -0.130. The molecule has 9 heteroatoms. The molecule has 0 aliphatic carbocycles. The molecule has 0 atom stereocenters. The Hall–Kier alpha value is -1.42. The van der Waals surface area contributed by atoms with Crippen LogP contribution in [0, 0.1) is 13.8 Å². The van der Waals surface area contributed by atoms with Gasteiger partial charge in [0.05, 0.1) is 17.7 Å². The number of thioether (sulfide) groups is 1. The molecule has 1 amide bonds. The van der Waals surface area contributed by atoms with Crippen LogP contribution in [0.15, 0.2) is 9.95 Å². The SMILES string of the molecule is Cc1sc2nc(SCC(=O)N3CCN(CCO)CC3)[nH]c(=O)c2c1C.